The van der Waals surface area contributed by atoms with Crippen LogP contribution < -0.4 is 0 Å². The number of para-hydroxylation sites is 1. The molecular formula is C18H20N4O2S. The van der Waals surface area contributed by atoms with Crippen molar-refractivity contribution in [3.63, 3.8) is 0 Å². The average Bonchev–Trinajstić information content (AvgIpc) is 3.26. The van der Waals surface area contributed by atoms with Crippen LogP contribution in [0.25, 0.3) is 22.4 Å². The Hall–Kier alpha value is -2.28. The van der Waals surface area contributed by atoms with Gasteiger partial charge >= 0.3 is 0 Å². The lowest BCUT2D eigenvalue weighted by Crippen LogP contribution is -2.42. The lowest BCUT2D eigenvalue weighted by atomic mass is 10.0. The summed E-state index contributed by atoms with van der Waals surface area (Å²) in [5.74, 6) is 0.947. The lowest BCUT2D eigenvalue weighted by molar-refractivity contribution is -0.131. The van der Waals surface area contributed by atoms with Crippen molar-refractivity contribution in [2.45, 2.75) is 37.5 Å². The Morgan fingerprint density at radius 1 is 1.36 bits per heavy atom. The minimum absolute atomic E-state index is 0.143. The van der Waals surface area contributed by atoms with Crippen LogP contribution in [0, 0.1) is 0 Å². The molecule has 2 aromatic heterocycles. The zero-order valence-corrected chi connectivity index (χ0v) is 14.9. The van der Waals surface area contributed by atoms with Crippen molar-refractivity contribution in [1.29, 1.82) is 0 Å². The molecule has 0 unspecified atom stereocenters. The first-order valence-corrected chi connectivity index (χ1v) is 9.53. The molecule has 1 N–H and O–H groups in total. The number of nitrogens with zero attached hydrogens (tertiary/aromatic N) is 3. The summed E-state index contributed by atoms with van der Waals surface area (Å²) in [5.41, 5.74) is 1.91. The number of benzene rings is 1. The smallest absolute Gasteiger partial charge is 0.277 e. The lowest BCUT2D eigenvalue weighted by Gasteiger charge is -2.33. The second kappa shape index (κ2) is 6.92. The summed E-state index contributed by atoms with van der Waals surface area (Å²) in [6.07, 6.45) is 5.25. The number of hydrogen-bond donors (Lipinski definition) is 1. The van der Waals surface area contributed by atoms with Gasteiger partial charge in [-0.2, -0.15) is 0 Å². The van der Waals surface area contributed by atoms with Crippen molar-refractivity contribution >= 4 is 28.6 Å². The molecule has 1 aliphatic rings. The molecular weight excluding hydrogens is 336 g/mol. The van der Waals surface area contributed by atoms with E-state index in [4.69, 9.17) is 4.42 Å². The Bertz CT molecular complexity index is 888. The molecule has 4 rings (SSSR count). The number of hydrogen-bond acceptors (Lipinski definition) is 5. The van der Waals surface area contributed by atoms with E-state index in [-0.39, 0.29) is 5.91 Å². The Morgan fingerprint density at radius 3 is 3.12 bits per heavy atom. The molecule has 25 heavy (non-hydrogen) atoms. The van der Waals surface area contributed by atoms with Crippen molar-refractivity contribution in [1.82, 2.24) is 20.1 Å². The van der Waals surface area contributed by atoms with Gasteiger partial charge in [0, 0.05) is 29.7 Å². The van der Waals surface area contributed by atoms with Gasteiger partial charge in [0.1, 0.15) is 0 Å². The standard InChI is InChI=1S/C18H20N4O2S/c1-12-6-4-5-9-22(12)16(23)11-25-18-21-20-17(24-18)14-10-19-15-8-3-2-7-13(14)15/h2-3,7-8,10,12,19H,4-6,9,11H2,1H3/t12-/m0/s1. The zero-order chi connectivity index (χ0) is 17.2. The van der Waals surface area contributed by atoms with Gasteiger partial charge in [-0.15, -0.1) is 10.2 Å². The minimum atomic E-state index is 0.143. The molecule has 1 amide bonds. The highest BCUT2D eigenvalue weighted by molar-refractivity contribution is 7.99. The fraction of sp³-hybridized carbons (Fsp3) is 0.389. The number of H-pyrrole nitrogens is 1. The number of piperidine rings is 1. The molecule has 1 saturated heterocycles. The van der Waals surface area contributed by atoms with Gasteiger partial charge in [0.25, 0.3) is 11.1 Å². The van der Waals surface area contributed by atoms with Gasteiger partial charge in [0.2, 0.25) is 5.91 Å². The highest BCUT2D eigenvalue weighted by atomic mass is 32.2. The van der Waals surface area contributed by atoms with Crippen LogP contribution in [0.15, 0.2) is 40.1 Å². The molecule has 6 nitrogen and oxygen atoms in total. The predicted octanol–water partition coefficient (Wildman–Crippen LogP) is 3.71. The number of amides is 1. The van der Waals surface area contributed by atoms with E-state index in [9.17, 15) is 4.79 Å². The van der Waals surface area contributed by atoms with Gasteiger partial charge in [0.05, 0.1) is 11.3 Å². The fourth-order valence-electron chi connectivity index (χ4n) is 3.30. The number of carbonyl (C=O) groups excluding carboxylic acids is 1. The number of aromatic amines is 1. The van der Waals surface area contributed by atoms with E-state index in [1.54, 1.807) is 0 Å². The van der Waals surface area contributed by atoms with Crippen molar-refractivity contribution in [2.24, 2.45) is 0 Å². The summed E-state index contributed by atoms with van der Waals surface area (Å²) in [6.45, 7) is 2.97. The van der Waals surface area contributed by atoms with E-state index >= 15 is 0 Å². The van der Waals surface area contributed by atoms with E-state index in [1.807, 2.05) is 35.4 Å². The average molecular weight is 356 g/mol. The summed E-state index contributed by atoms with van der Waals surface area (Å²) < 4.78 is 5.75. The van der Waals surface area contributed by atoms with Gasteiger partial charge < -0.3 is 14.3 Å². The minimum Gasteiger partial charge on any atom is -0.411 e. The van der Waals surface area contributed by atoms with Crippen LogP contribution in [-0.2, 0) is 4.79 Å². The van der Waals surface area contributed by atoms with Crippen LogP contribution in [0.3, 0.4) is 0 Å². The third-order valence-corrected chi connectivity index (χ3v) is 5.47. The van der Waals surface area contributed by atoms with E-state index < -0.39 is 0 Å². The third-order valence-electron chi connectivity index (χ3n) is 4.67. The summed E-state index contributed by atoms with van der Waals surface area (Å²) >= 11 is 1.31. The Morgan fingerprint density at radius 2 is 2.24 bits per heavy atom. The number of rotatable bonds is 4. The predicted molar refractivity (Wildman–Crippen MR) is 97.3 cm³/mol. The number of thioether (sulfide) groups is 1. The molecule has 1 fully saturated rings. The third kappa shape index (κ3) is 3.28. The maximum absolute atomic E-state index is 12.4. The molecule has 0 saturated carbocycles. The van der Waals surface area contributed by atoms with E-state index in [0.29, 0.717) is 22.9 Å². The molecule has 0 bridgehead atoms. The largest absolute Gasteiger partial charge is 0.411 e. The Balaban J connectivity index is 1.44. The molecule has 3 aromatic rings. The van der Waals surface area contributed by atoms with Gasteiger partial charge in [-0.3, -0.25) is 4.79 Å². The second-order valence-corrected chi connectivity index (χ2v) is 7.27. The number of nitrogens with one attached hydrogen (secondary N) is 1. The second-order valence-electron chi connectivity index (χ2n) is 6.34. The Kier molecular flexibility index (Phi) is 4.48. The van der Waals surface area contributed by atoms with Crippen LogP contribution in [0.4, 0.5) is 0 Å². The van der Waals surface area contributed by atoms with Crippen molar-refractivity contribution in [2.75, 3.05) is 12.3 Å². The number of fused-ring (bicyclic) bond motifs is 1. The van der Waals surface area contributed by atoms with Crippen molar-refractivity contribution in [3.8, 4) is 11.5 Å². The molecule has 3 heterocycles. The monoisotopic (exact) mass is 356 g/mol. The van der Waals surface area contributed by atoms with Crippen molar-refractivity contribution < 1.29 is 9.21 Å². The van der Waals surface area contributed by atoms with Crippen molar-refractivity contribution in [3.05, 3.63) is 30.5 Å². The summed E-state index contributed by atoms with van der Waals surface area (Å²) in [7, 11) is 0. The normalized spacial score (nSPS) is 18.0. The van der Waals surface area contributed by atoms with Gasteiger partial charge in [-0.1, -0.05) is 30.0 Å². The molecule has 0 spiro atoms. The maximum Gasteiger partial charge on any atom is 0.277 e. The molecule has 0 aliphatic carbocycles. The molecule has 7 heteroatoms. The number of carbonyl (C=O) groups is 1. The zero-order valence-electron chi connectivity index (χ0n) is 14.1. The van der Waals surface area contributed by atoms with Crippen LogP contribution in [0.2, 0.25) is 0 Å². The summed E-state index contributed by atoms with van der Waals surface area (Å²) in [5, 5.41) is 9.68. The topological polar surface area (TPSA) is 75.0 Å². The number of likely N-dealkylation sites (tertiary alicyclic amines) is 1. The van der Waals surface area contributed by atoms with Crippen LogP contribution in [0.1, 0.15) is 26.2 Å². The first kappa shape index (κ1) is 16.2. The molecule has 130 valence electrons. The highest BCUT2D eigenvalue weighted by Gasteiger charge is 2.23. The molecule has 1 aliphatic heterocycles. The summed E-state index contributed by atoms with van der Waals surface area (Å²) in [6, 6.07) is 8.30. The fourth-order valence-corrected chi connectivity index (χ4v) is 3.95. The van der Waals surface area contributed by atoms with Gasteiger partial charge in [0.15, 0.2) is 0 Å². The SMILES string of the molecule is C[C@H]1CCCCN1C(=O)CSc1nnc(-c2c[nH]c3ccccc23)o1. The first-order valence-electron chi connectivity index (χ1n) is 8.54. The van der Waals surface area contributed by atoms with Crippen LogP contribution >= 0.6 is 11.8 Å². The van der Waals surface area contributed by atoms with Gasteiger partial charge in [-0.05, 0) is 32.3 Å². The van der Waals surface area contributed by atoms with Crippen LogP contribution in [0.5, 0.6) is 0 Å². The van der Waals surface area contributed by atoms with Crippen LogP contribution in [-0.4, -0.2) is 44.3 Å². The number of aromatic nitrogens is 3. The van der Waals surface area contributed by atoms with E-state index in [0.717, 1.165) is 35.9 Å². The van der Waals surface area contributed by atoms with E-state index in [2.05, 4.69) is 22.1 Å². The summed E-state index contributed by atoms with van der Waals surface area (Å²) in [4.78, 5) is 17.6. The first-order chi connectivity index (χ1) is 12.2. The molecule has 1 atom stereocenters. The maximum atomic E-state index is 12.4. The Labute approximate surface area is 150 Å². The quantitative estimate of drug-likeness (QED) is 0.721. The molecule has 1 aromatic carbocycles. The van der Waals surface area contributed by atoms with Gasteiger partial charge in [-0.25, -0.2) is 0 Å². The van der Waals surface area contributed by atoms with E-state index in [1.165, 1.54) is 18.2 Å². The highest BCUT2D eigenvalue weighted by Crippen LogP contribution is 2.29. The molecule has 0 radical (unpaired) electrons.